The van der Waals surface area contributed by atoms with Crippen LogP contribution in [0.25, 0.3) is 0 Å². The zero-order valence-electron chi connectivity index (χ0n) is 10.9. The van der Waals surface area contributed by atoms with Crippen LogP contribution >= 0.6 is 11.6 Å². The van der Waals surface area contributed by atoms with Gasteiger partial charge in [0.05, 0.1) is 11.5 Å². The van der Waals surface area contributed by atoms with Crippen LogP contribution in [0, 0.1) is 12.3 Å². The molecule has 0 atom stereocenters. The van der Waals surface area contributed by atoms with Gasteiger partial charge >= 0.3 is 0 Å². The fourth-order valence-corrected chi connectivity index (χ4v) is 2.39. The minimum Gasteiger partial charge on any atom is -0.388 e. The SMILES string of the molecule is Cc1nn(C)c(Cl)c1CN(CCC(=N)N)C1CC1. The van der Waals surface area contributed by atoms with Crippen molar-refractivity contribution in [1.82, 2.24) is 14.7 Å². The molecule has 1 saturated carbocycles. The van der Waals surface area contributed by atoms with Crippen LogP contribution in [0.5, 0.6) is 0 Å². The highest BCUT2D eigenvalue weighted by Crippen LogP contribution is 2.30. The molecule has 0 aromatic carbocycles. The predicted octanol–water partition coefficient (Wildman–Crippen LogP) is 1.67. The van der Waals surface area contributed by atoms with Crippen LogP contribution in [0.4, 0.5) is 0 Å². The molecule has 2 rings (SSSR count). The number of nitrogens with zero attached hydrogens (tertiary/aromatic N) is 3. The average Bonchev–Trinajstić information content (AvgIpc) is 3.08. The first-order valence-electron chi connectivity index (χ1n) is 6.24. The van der Waals surface area contributed by atoms with Crippen LogP contribution in [0.2, 0.25) is 5.15 Å². The molecule has 0 spiro atoms. The molecule has 1 aliphatic carbocycles. The molecule has 1 aromatic rings. The third kappa shape index (κ3) is 3.03. The van der Waals surface area contributed by atoms with Crippen molar-refractivity contribution in [2.45, 2.75) is 38.8 Å². The maximum atomic E-state index is 7.33. The highest BCUT2D eigenvalue weighted by Gasteiger charge is 2.30. The van der Waals surface area contributed by atoms with Gasteiger partial charge in [-0.25, -0.2) is 0 Å². The summed E-state index contributed by atoms with van der Waals surface area (Å²) in [6.45, 7) is 3.61. The van der Waals surface area contributed by atoms with Crippen molar-refractivity contribution in [2.75, 3.05) is 6.54 Å². The highest BCUT2D eigenvalue weighted by atomic mass is 35.5. The number of nitrogens with one attached hydrogen (secondary N) is 1. The maximum Gasteiger partial charge on any atom is 0.131 e. The van der Waals surface area contributed by atoms with Crippen molar-refractivity contribution in [2.24, 2.45) is 12.8 Å². The van der Waals surface area contributed by atoms with Gasteiger partial charge in [0.1, 0.15) is 5.15 Å². The van der Waals surface area contributed by atoms with Gasteiger partial charge in [-0.2, -0.15) is 5.10 Å². The van der Waals surface area contributed by atoms with E-state index in [0.717, 1.165) is 24.3 Å². The van der Waals surface area contributed by atoms with Gasteiger partial charge in [0.2, 0.25) is 0 Å². The topological polar surface area (TPSA) is 70.9 Å². The van der Waals surface area contributed by atoms with E-state index in [4.69, 9.17) is 22.7 Å². The summed E-state index contributed by atoms with van der Waals surface area (Å²) in [5.41, 5.74) is 7.51. The number of rotatable bonds is 6. The fraction of sp³-hybridized carbons (Fsp3) is 0.667. The van der Waals surface area contributed by atoms with Gasteiger partial charge < -0.3 is 5.73 Å². The van der Waals surface area contributed by atoms with E-state index in [-0.39, 0.29) is 5.84 Å². The summed E-state index contributed by atoms with van der Waals surface area (Å²) < 4.78 is 1.71. The lowest BCUT2D eigenvalue weighted by Gasteiger charge is -2.21. The fourth-order valence-electron chi connectivity index (χ4n) is 2.15. The van der Waals surface area contributed by atoms with E-state index < -0.39 is 0 Å². The van der Waals surface area contributed by atoms with Crippen LogP contribution < -0.4 is 5.73 Å². The Hall–Kier alpha value is -1.07. The van der Waals surface area contributed by atoms with E-state index in [1.54, 1.807) is 4.68 Å². The standard InChI is InChI=1S/C12H20ClN5/c1-8-10(12(13)17(2)16-8)7-18(9-3-4-9)6-5-11(14)15/h9H,3-7H2,1-2H3,(H3,14,15). The second-order valence-electron chi connectivity index (χ2n) is 4.96. The molecule has 0 bridgehead atoms. The second kappa shape index (κ2) is 5.28. The Balaban J connectivity index is 2.06. The van der Waals surface area contributed by atoms with Crippen LogP contribution in [0.1, 0.15) is 30.5 Å². The second-order valence-corrected chi connectivity index (χ2v) is 5.31. The maximum absolute atomic E-state index is 7.33. The van der Waals surface area contributed by atoms with Gasteiger partial charge in [0, 0.05) is 38.2 Å². The number of hydrogen-bond donors (Lipinski definition) is 2. The molecule has 1 aromatic heterocycles. The Kier molecular flexibility index (Phi) is 3.92. The van der Waals surface area contributed by atoms with E-state index >= 15 is 0 Å². The Morgan fingerprint density at radius 2 is 2.28 bits per heavy atom. The average molecular weight is 270 g/mol. The summed E-state index contributed by atoms with van der Waals surface area (Å²) in [4.78, 5) is 2.36. The molecular weight excluding hydrogens is 250 g/mol. The molecule has 6 heteroatoms. The van der Waals surface area contributed by atoms with Gasteiger partial charge in [-0.05, 0) is 19.8 Å². The summed E-state index contributed by atoms with van der Waals surface area (Å²) in [6, 6.07) is 0.625. The summed E-state index contributed by atoms with van der Waals surface area (Å²) >= 11 is 6.25. The van der Waals surface area contributed by atoms with E-state index in [2.05, 4.69) is 10.00 Å². The highest BCUT2D eigenvalue weighted by molar-refractivity contribution is 6.30. The van der Waals surface area contributed by atoms with E-state index in [9.17, 15) is 0 Å². The quantitative estimate of drug-likeness (QED) is 0.610. The molecule has 3 N–H and O–H groups in total. The molecular formula is C12H20ClN5. The number of nitrogens with two attached hydrogens (primary N) is 1. The van der Waals surface area contributed by atoms with Crippen LogP contribution in [-0.4, -0.2) is 33.1 Å². The van der Waals surface area contributed by atoms with E-state index in [1.165, 1.54) is 12.8 Å². The Bertz CT molecular complexity index is 450. The minimum absolute atomic E-state index is 0.245. The van der Waals surface area contributed by atoms with Crippen molar-refractivity contribution < 1.29 is 0 Å². The molecule has 1 fully saturated rings. The Morgan fingerprint density at radius 3 is 2.72 bits per heavy atom. The number of halogens is 1. The zero-order valence-corrected chi connectivity index (χ0v) is 11.7. The molecule has 0 aliphatic heterocycles. The predicted molar refractivity (Wildman–Crippen MR) is 72.9 cm³/mol. The van der Waals surface area contributed by atoms with Crippen LogP contribution in [-0.2, 0) is 13.6 Å². The van der Waals surface area contributed by atoms with Gasteiger partial charge in [-0.1, -0.05) is 11.6 Å². The first-order valence-corrected chi connectivity index (χ1v) is 6.61. The van der Waals surface area contributed by atoms with Gasteiger partial charge in [-0.3, -0.25) is 15.0 Å². The molecule has 1 aliphatic rings. The molecule has 5 nitrogen and oxygen atoms in total. The van der Waals surface area contributed by atoms with Crippen molar-refractivity contribution in [1.29, 1.82) is 5.41 Å². The Morgan fingerprint density at radius 1 is 1.61 bits per heavy atom. The number of amidine groups is 1. The summed E-state index contributed by atoms with van der Waals surface area (Å²) in [5.74, 6) is 0.245. The van der Waals surface area contributed by atoms with Crippen LogP contribution in [0.3, 0.4) is 0 Å². The summed E-state index contributed by atoms with van der Waals surface area (Å²) in [7, 11) is 1.86. The largest absolute Gasteiger partial charge is 0.388 e. The molecule has 0 radical (unpaired) electrons. The summed E-state index contributed by atoms with van der Waals surface area (Å²) in [5, 5.41) is 12.4. The minimum atomic E-state index is 0.245. The Labute approximate surface area is 112 Å². The monoisotopic (exact) mass is 269 g/mol. The van der Waals surface area contributed by atoms with Gasteiger partial charge in [-0.15, -0.1) is 0 Å². The normalized spacial score (nSPS) is 15.3. The molecule has 0 amide bonds. The number of aromatic nitrogens is 2. The number of hydrogen-bond acceptors (Lipinski definition) is 3. The molecule has 18 heavy (non-hydrogen) atoms. The van der Waals surface area contributed by atoms with Gasteiger partial charge in [0.25, 0.3) is 0 Å². The smallest absolute Gasteiger partial charge is 0.131 e. The lowest BCUT2D eigenvalue weighted by Crippen LogP contribution is -2.29. The van der Waals surface area contributed by atoms with Gasteiger partial charge in [0.15, 0.2) is 0 Å². The lowest BCUT2D eigenvalue weighted by molar-refractivity contribution is 0.261. The molecule has 0 unspecified atom stereocenters. The van der Waals surface area contributed by atoms with E-state index in [1.807, 2.05) is 14.0 Å². The zero-order chi connectivity index (χ0) is 13.3. The lowest BCUT2D eigenvalue weighted by atomic mass is 10.2. The third-order valence-electron chi connectivity index (χ3n) is 3.36. The van der Waals surface area contributed by atoms with E-state index in [0.29, 0.717) is 17.6 Å². The van der Waals surface area contributed by atoms with Crippen molar-refractivity contribution in [3.8, 4) is 0 Å². The van der Waals surface area contributed by atoms with Crippen molar-refractivity contribution >= 4 is 17.4 Å². The summed E-state index contributed by atoms with van der Waals surface area (Å²) in [6.07, 6.45) is 3.08. The van der Waals surface area contributed by atoms with Crippen molar-refractivity contribution in [3.63, 3.8) is 0 Å². The third-order valence-corrected chi connectivity index (χ3v) is 3.84. The molecule has 1 heterocycles. The van der Waals surface area contributed by atoms with Crippen LogP contribution in [0.15, 0.2) is 0 Å². The van der Waals surface area contributed by atoms with Crippen molar-refractivity contribution in [3.05, 3.63) is 16.4 Å². The first-order chi connectivity index (χ1) is 8.49. The number of aryl methyl sites for hydroxylation is 2. The molecule has 0 saturated heterocycles. The molecule has 100 valence electrons. The first kappa shape index (κ1) is 13.4.